The highest BCUT2D eigenvalue weighted by Gasteiger charge is 2.41. The summed E-state index contributed by atoms with van der Waals surface area (Å²) in [7, 11) is 6.44. The summed E-state index contributed by atoms with van der Waals surface area (Å²) in [6.45, 7) is 2.36. The Bertz CT molecular complexity index is 426. The fraction of sp³-hybridized carbons (Fsp3) is 0.812. The molecule has 0 spiro atoms. The SMILES string of the molecule is CC1CCCC(C(N)CCc2nccn2C)(N(C)C)C1. The van der Waals surface area contributed by atoms with Gasteiger partial charge in [0, 0.05) is 37.4 Å². The van der Waals surface area contributed by atoms with Crippen LogP contribution in [0.25, 0.3) is 0 Å². The largest absolute Gasteiger partial charge is 0.338 e. The van der Waals surface area contributed by atoms with Crippen LogP contribution >= 0.6 is 0 Å². The number of imidazole rings is 1. The molecule has 4 nitrogen and oxygen atoms in total. The van der Waals surface area contributed by atoms with Crippen LogP contribution in [0.4, 0.5) is 0 Å². The number of hydrogen-bond donors (Lipinski definition) is 1. The first-order valence-corrected chi connectivity index (χ1v) is 7.85. The molecule has 4 heteroatoms. The van der Waals surface area contributed by atoms with Crippen molar-refractivity contribution in [2.45, 2.75) is 57.0 Å². The molecule has 2 rings (SSSR count). The fourth-order valence-corrected chi connectivity index (χ4v) is 3.83. The third kappa shape index (κ3) is 3.07. The van der Waals surface area contributed by atoms with E-state index in [-0.39, 0.29) is 11.6 Å². The zero-order valence-corrected chi connectivity index (χ0v) is 13.5. The van der Waals surface area contributed by atoms with Gasteiger partial charge in [-0.2, -0.15) is 0 Å². The highest BCUT2D eigenvalue weighted by atomic mass is 15.2. The van der Waals surface area contributed by atoms with Gasteiger partial charge in [-0.15, -0.1) is 0 Å². The van der Waals surface area contributed by atoms with E-state index in [1.54, 1.807) is 0 Å². The Morgan fingerprint density at radius 1 is 1.55 bits per heavy atom. The topological polar surface area (TPSA) is 47.1 Å². The number of aryl methyl sites for hydroxylation is 2. The van der Waals surface area contributed by atoms with E-state index in [1.807, 2.05) is 12.4 Å². The van der Waals surface area contributed by atoms with Crippen molar-refractivity contribution in [1.29, 1.82) is 0 Å². The fourth-order valence-electron chi connectivity index (χ4n) is 3.83. The lowest BCUT2D eigenvalue weighted by molar-refractivity contribution is 0.0475. The molecule has 114 valence electrons. The van der Waals surface area contributed by atoms with Crippen molar-refractivity contribution in [3.05, 3.63) is 18.2 Å². The molecular formula is C16H30N4. The first kappa shape index (κ1) is 15.5. The maximum absolute atomic E-state index is 6.63. The average Bonchev–Trinajstić information content (AvgIpc) is 2.81. The lowest BCUT2D eigenvalue weighted by Crippen LogP contribution is -2.59. The maximum Gasteiger partial charge on any atom is 0.108 e. The van der Waals surface area contributed by atoms with E-state index in [1.165, 1.54) is 25.7 Å². The van der Waals surface area contributed by atoms with Crippen LogP contribution in [-0.2, 0) is 13.5 Å². The lowest BCUT2D eigenvalue weighted by Gasteiger charge is -2.49. The van der Waals surface area contributed by atoms with Gasteiger partial charge in [-0.1, -0.05) is 19.8 Å². The predicted octanol–water partition coefficient (Wildman–Crippen LogP) is 2.19. The number of nitrogens with zero attached hydrogens (tertiary/aromatic N) is 3. The minimum Gasteiger partial charge on any atom is -0.338 e. The predicted molar refractivity (Wildman–Crippen MR) is 83.6 cm³/mol. The zero-order valence-electron chi connectivity index (χ0n) is 13.5. The smallest absolute Gasteiger partial charge is 0.108 e. The molecule has 3 atom stereocenters. The van der Waals surface area contributed by atoms with E-state index in [9.17, 15) is 0 Å². The Hall–Kier alpha value is -0.870. The molecule has 1 aliphatic rings. The summed E-state index contributed by atoms with van der Waals surface area (Å²) in [5, 5.41) is 0. The second-order valence-corrected chi connectivity index (χ2v) is 6.80. The molecule has 1 aromatic rings. The zero-order chi connectivity index (χ0) is 14.8. The van der Waals surface area contributed by atoms with Gasteiger partial charge in [0.15, 0.2) is 0 Å². The van der Waals surface area contributed by atoms with Crippen LogP contribution in [0.15, 0.2) is 12.4 Å². The molecule has 0 aromatic carbocycles. The summed E-state index contributed by atoms with van der Waals surface area (Å²) >= 11 is 0. The summed E-state index contributed by atoms with van der Waals surface area (Å²) in [4.78, 5) is 6.79. The van der Waals surface area contributed by atoms with Crippen molar-refractivity contribution in [3.63, 3.8) is 0 Å². The van der Waals surface area contributed by atoms with Gasteiger partial charge in [0.1, 0.15) is 5.82 Å². The molecule has 1 aromatic heterocycles. The van der Waals surface area contributed by atoms with Crippen LogP contribution in [0.2, 0.25) is 0 Å². The van der Waals surface area contributed by atoms with E-state index in [2.05, 4.69) is 42.5 Å². The first-order chi connectivity index (χ1) is 9.45. The molecule has 3 unspecified atom stereocenters. The van der Waals surface area contributed by atoms with Crippen molar-refractivity contribution in [2.24, 2.45) is 18.7 Å². The van der Waals surface area contributed by atoms with Crippen LogP contribution in [-0.4, -0.2) is 40.1 Å². The molecule has 20 heavy (non-hydrogen) atoms. The number of aromatic nitrogens is 2. The molecule has 0 aliphatic heterocycles. The van der Waals surface area contributed by atoms with Gasteiger partial charge >= 0.3 is 0 Å². The molecule has 0 amide bonds. The maximum atomic E-state index is 6.63. The first-order valence-electron chi connectivity index (χ1n) is 7.85. The molecule has 1 aliphatic carbocycles. The Balaban J connectivity index is 2.04. The van der Waals surface area contributed by atoms with Crippen molar-refractivity contribution < 1.29 is 0 Å². The summed E-state index contributed by atoms with van der Waals surface area (Å²) in [5.74, 6) is 1.92. The number of nitrogens with two attached hydrogens (primary N) is 1. The minimum absolute atomic E-state index is 0.169. The van der Waals surface area contributed by atoms with Crippen LogP contribution in [0.5, 0.6) is 0 Å². The average molecular weight is 278 g/mol. The molecular weight excluding hydrogens is 248 g/mol. The molecule has 0 radical (unpaired) electrons. The third-order valence-electron chi connectivity index (χ3n) is 5.19. The van der Waals surface area contributed by atoms with E-state index in [0.29, 0.717) is 0 Å². The third-order valence-corrected chi connectivity index (χ3v) is 5.19. The van der Waals surface area contributed by atoms with E-state index in [4.69, 9.17) is 5.73 Å². The minimum atomic E-state index is 0.169. The summed E-state index contributed by atoms with van der Waals surface area (Å²) in [5.41, 5.74) is 6.80. The van der Waals surface area contributed by atoms with Gasteiger partial charge in [-0.05, 0) is 39.3 Å². The monoisotopic (exact) mass is 278 g/mol. The number of likely N-dealkylation sites (N-methyl/N-ethyl adjacent to an activating group) is 1. The Morgan fingerprint density at radius 2 is 2.30 bits per heavy atom. The Kier molecular flexibility index (Phi) is 4.86. The molecule has 0 saturated heterocycles. The highest BCUT2D eigenvalue weighted by molar-refractivity contribution is 5.02. The van der Waals surface area contributed by atoms with Gasteiger partial charge in [0.2, 0.25) is 0 Å². The Labute approximate surface area is 123 Å². The lowest BCUT2D eigenvalue weighted by atomic mass is 9.70. The molecule has 2 N–H and O–H groups in total. The quantitative estimate of drug-likeness (QED) is 0.898. The Morgan fingerprint density at radius 3 is 2.85 bits per heavy atom. The van der Waals surface area contributed by atoms with Gasteiger partial charge in [-0.25, -0.2) is 4.98 Å². The summed E-state index contributed by atoms with van der Waals surface area (Å²) in [6.07, 6.45) is 11.0. The van der Waals surface area contributed by atoms with Crippen molar-refractivity contribution in [1.82, 2.24) is 14.5 Å². The van der Waals surface area contributed by atoms with Crippen molar-refractivity contribution in [2.75, 3.05) is 14.1 Å². The van der Waals surface area contributed by atoms with Gasteiger partial charge in [0.05, 0.1) is 0 Å². The standard InChI is InChI=1S/C16H30N4/c1-13-6-5-9-16(12-13,19(2)3)14(17)7-8-15-18-10-11-20(15)4/h10-11,13-14H,5-9,12,17H2,1-4H3. The van der Waals surface area contributed by atoms with Crippen molar-refractivity contribution in [3.8, 4) is 0 Å². The van der Waals surface area contributed by atoms with E-state index in [0.717, 1.165) is 24.6 Å². The molecule has 0 bridgehead atoms. The van der Waals surface area contributed by atoms with E-state index < -0.39 is 0 Å². The van der Waals surface area contributed by atoms with Crippen molar-refractivity contribution >= 4 is 0 Å². The normalized spacial score (nSPS) is 28.8. The van der Waals surface area contributed by atoms with Gasteiger partial charge in [-0.3, -0.25) is 0 Å². The second kappa shape index (κ2) is 6.27. The van der Waals surface area contributed by atoms with Gasteiger partial charge < -0.3 is 15.2 Å². The summed E-state index contributed by atoms with van der Waals surface area (Å²) < 4.78 is 2.10. The molecule has 1 heterocycles. The van der Waals surface area contributed by atoms with E-state index >= 15 is 0 Å². The molecule has 1 saturated carbocycles. The number of rotatable bonds is 5. The van der Waals surface area contributed by atoms with Gasteiger partial charge in [0.25, 0.3) is 0 Å². The number of hydrogen-bond acceptors (Lipinski definition) is 3. The van der Waals surface area contributed by atoms with Crippen LogP contribution in [0.1, 0.15) is 44.9 Å². The molecule has 1 fully saturated rings. The summed E-state index contributed by atoms with van der Waals surface area (Å²) in [6, 6.07) is 0.219. The highest BCUT2D eigenvalue weighted by Crippen LogP contribution is 2.38. The van der Waals surface area contributed by atoms with Crippen LogP contribution in [0.3, 0.4) is 0 Å². The second-order valence-electron chi connectivity index (χ2n) is 6.80. The van der Waals surface area contributed by atoms with Crippen LogP contribution < -0.4 is 5.73 Å². The van der Waals surface area contributed by atoms with Crippen LogP contribution in [0, 0.1) is 5.92 Å².